The summed E-state index contributed by atoms with van der Waals surface area (Å²) in [5, 5.41) is 11.7. The zero-order valence-corrected chi connectivity index (χ0v) is 27.9. The molecule has 7 heteroatoms. The first-order chi connectivity index (χ1) is 18.2. The van der Waals surface area contributed by atoms with E-state index in [-0.39, 0.29) is 63.9 Å². The van der Waals surface area contributed by atoms with Gasteiger partial charge in [0.1, 0.15) is 5.60 Å². The van der Waals surface area contributed by atoms with Crippen LogP contribution >= 0.6 is 0 Å². The molecule has 5 fully saturated rings. The Morgan fingerprint density at radius 2 is 1.61 bits per heavy atom. The minimum Gasteiger partial charge on any atom is -0.870 e. The number of hydroxylamine groups is 2. The van der Waals surface area contributed by atoms with Crippen LogP contribution in [0, 0.1) is 50.0 Å². The van der Waals surface area contributed by atoms with Crippen molar-refractivity contribution >= 4 is 6.29 Å². The van der Waals surface area contributed by atoms with Crippen LogP contribution in [-0.2, 0) is 14.3 Å². The number of nitrogens with one attached hydrogen (secondary N) is 1. The number of ether oxygens (including phenoxy) is 2. The van der Waals surface area contributed by atoms with E-state index in [4.69, 9.17) is 9.47 Å². The van der Waals surface area contributed by atoms with Gasteiger partial charge in [0.25, 0.3) is 0 Å². The molecule has 5 aliphatic rings. The van der Waals surface area contributed by atoms with Crippen LogP contribution < -0.4 is 23.9 Å². The van der Waals surface area contributed by atoms with E-state index in [0.29, 0.717) is 30.1 Å². The molecular formula is C34H59LiNO5-. The molecule has 41 heavy (non-hydrogen) atoms. The number of rotatable bonds is 11. The third kappa shape index (κ3) is 4.97. The maximum absolute atomic E-state index is 11.8. The van der Waals surface area contributed by atoms with Gasteiger partial charge in [-0.2, -0.15) is 0 Å². The van der Waals surface area contributed by atoms with Crippen molar-refractivity contribution in [3.8, 4) is 0 Å². The minimum absolute atomic E-state index is 0. The van der Waals surface area contributed by atoms with Crippen LogP contribution in [0.3, 0.4) is 0 Å². The number of epoxide rings is 1. The maximum atomic E-state index is 11.8. The first-order valence-electron chi connectivity index (χ1n) is 16.4. The number of hydrogen-bond donors (Lipinski definition) is 1. The van der Waals surface area contributed by atoms with Crippen LogP contribution in [0.25, 0.3) is 0 Å². The Kier molecular flexibility index (Phi) is 10.5. The molecule has 0 bridgehead atoms. The van der Waals surface area contributed by atoms with Gasteiger partial charge in [0.05, 0.1) is 25.4 Å². The van der Waals surface area contributed by atoms with Crippen LogP contribution in [0.4, 0.5) is 0 Å². The summed E-state index contributed by atoms with van der Waals surface area (Å²) < 4.78 is 13.1. The molecule has 1 spiro atoms. The zero-order valence-electron chi connectivity index (χ0n) is 27.9. The Hall–Kier alpha value is 0.0674. The minimum atomic E-state index is -0.118. The smallest absolute Gasteiger partial charge is 0.870 e. The van der Waals surface area contributed by atoms with Crippen molar-refractivity contribution < 1.29 is 43.7 Å². The quantitative estimate of drug-likeness (QED) is 0.179. The van der Waals surface area contributed by atoms with Gasteiger partial charge in [-0.25, -0.2) is 6.29 Å². The summed E-state index contributed by atoms with van der Waals surface area (Å²) >= 11 is 0. The standard InChI is InChI=1S/C34H58NO4.Li.H2O/c1-24(2)10-9-11-25(3)27-13-15-30(5)29(27,4)16-17-31(6)32(7)14-12-26(38-21-19-35(37)18-20-36)22-34(32)28(39-34)23-33(30,31)8;;/h24-28,35H,9-19,21-23H2,1-8H3;;1H2/q-1;+1;/p-1/t25-,26+,27-,28?,29-,30-,31-,32-,33+,34?;;/m1../s1. The van der Waals surface area contributed by atoms with E-state index in [1.807, 2.05) is 0 Å². The molecule has 1 heterocycles. The van der Waals surface area contributed by atoms with Crippen molar-refractivity contribution in [1.29, 1.82) is 0 Å². The van der Waals surface area contributed by atoms with Gasteiger partial charge in [0, 0.05) is 11.8 Å². The van der Waals surface area contributed by atoms with Gasteiger partial charge < -0.3 is 30.0 Å². The van der Waals surface area contributed by atoms with E-state index in [9.17, 15) is 10.0 Å². The summed E-state index contributed by atoms with van der Waals surface area (Å²) in [4.78, 5) is 10.5. The number of fused-ring (bicyclic) bond motifs is 4. The third-order valence-electron chi connectivity index (χ3n) is 14.8. The van der Waals surface area contributed by atoms with Gasteiger partial charge >= 0.3 is 18.9 Å². The molecule has 2 N–H and O–H groups in total. The van der Waals surface area contributed by atoms with E-state index < -0.39 is 0 Å². The Bertz CT molecular complexity index is 935. The molecule has 0 aromatic rings. The molecule has 3 unspecified atom stereocenters. The number of carbonyl (C=O) groups excluding carboxylic acids is 1. The summed E-state index contributed by atoms with van der Waals surface area (Å²) in [6, 6.07) is 0. The zero-order chi connectivity index (χ0) is 28.5. The topological polar surface area (TPSA) is 96.3 Å². The number of hydrogen-bond acceptors (Lipinski definition) is 5. The molecule has 0 aromatic carbocycles. The maximum Gasteiger partial charge on any atom is 1.00 e. The van der Waals surface area contributed by atoms with E-state index in [1.165, 1.54) is 51.4 Å². The molecule has 4 aliphatic carbocycles. The van der Waals surface area contributed by atoms with Crippen molar-refractivity contribution in [3.05, 3.63) is 5.21 Å². The number of quaternary nitrogens is 1. The van der Waals surface area contributed by atoms with Gasteiger partial charge in [-0.1, -0.05) is 74.7 Å². The molecule has 5 rings (SSSR count). The normalized spacial score (nSPS) is 47.5. The van der Waals surface area contributed by atoms with Crippen molar-refractivity contribution in [3.63, 3.8) is 0 Å². The van der Waals surface area contributed by atoms with Gasteiger partial charge in [-0.15, -0.1) is 0 Å². The summed E-state index contributed by atoms with van der Waals surface area (Å²) in [5.41, 5.74) is 1.29. The van der Waals surface area contributed by atoms with Crippen LogP contribution in [0.5, 0.6) is 0 Å². The van der Waals surface area contributed by atoms with Gasteiger partial charge in [0.2, 0.25) is 0 Å². The predicted molar refractivity (Wildman–Crippen MR) is 158 cm³/mol. The Labute approximate surface area is 262 Å². The fourth-order valence-corrected chi connectivity index (χ4v) is 11.7. The fraction of sp³-hybridized carbons (Fsp3) is 0.971. The van der Waals surface area contributed by atoms with E-state index in [0.717, 1.165) is 37.0 Å². The Morgan fingerprint density at radius 1 is 0.927 bits per heavy atom. The molecule has 0 radical (unpaired) electrons. The van der Waals surface area contributed by atoms with Gasteiger partial charge in [-0.05, 0) is 90.9 Å². The van der Waals surface area contributed by atoms with E-state index in [1.54, 1.807) is 6.29 Å². The molecule has 1 saturated heterocycles. The molecule has 11 atom stereocenters. The van der Waals surface area contributed by atoms with E-state index >= 15 is 0 Å². The largest absolute Gasteiger partial charge is 1.00 e. The molecule has 0 aromatic heterocycles. The summed E-state index contributed by atoms with van der Waals surface area (Å²) in [6.07, 6.45) is 16.0. The monoisotopic (exact) mass is 568 g/mol. The van der Waals surface area contributed by atoms with Crippen molar-refractivity contribution in [2.24, 2.45) is 44.8 Å². The third-order valence-corrected chi connectivity index (χ3v) is 14.8. The molecule has 1 aliphatic heterocycles. The molecular weight excluding hydrogens is 509 g/mol. The summed E-state index contributed by atoms with van der Waals surface area (Å²) in [5.74, 6) is 2.45. The second kappa shape index (κ2) is 12.1. The van der Waals surface area contributed by atoms with Crippen LogP contribution in [0.2, 0.25) is 0 Å². The van der Waals surface area contributed by atoms with Crippen LogP contribution in [0.1, 0.15) is 126 Å². The van der Waals surface area contributed by atoms with Crippen LogP contribution in [0.15, 0.2) is 0 Å². The fourth-order valence-electron chi connectivity index (χ4n) is 11.7. The summed E-state index contributed by atoms with van der Waals surface area (Å²) in [6.45, 7) is 21.2. The molecule has 0 amide bonds. The molecule has 6 nitrogen and oxygen atoms in total. The van der Waals surface area contributed by atoms with Crippen molar-refractivity contribution in [2.75, 3.05) is 19.7 Å². The van der Waals surface area contributed by atoms with Crippen molar-refractivity contribution in [2.45, 2.75) is 144 Å². The average molecular weight is 569 g/mol. The molecule has 4 saturated carbocycles. The second-order valence-electron chi connectivity index (χ2n) is 16.2. The SMILES string of the molecule is CC(C)CCC[C@@H](C)[C@H]1CC[C@@]2(C)[C@]3(C)CC4OC45C[C@@H](OCC[NH+]([O-])C[C-]=O)CC[C@]5(C)[C@@]3(C)CC[C@]12C.[Li+].[OH-]. The second-order valence-corrected chi connectivity index (χ2v) is 16.2. The molecule has 232 valence electrons. The first kappa shape index (κ1) is 35.5. The summed E-state index contributed by atoms with van der Waals surface area (Å²) in [7, 11) is 0. The Balaban J connectivity index is 0.00000231. The average Bonchev–Trinajstić information content (AvgIpc) is 3.47. The van der Waals surface area contributed by atoms with E-state index in [2.05, 4.69) is 55.4 Å². The van der Waals surface area contributed by atoms with Crippen molar-refractivity contribution in [1.82, 2.24) is 0 Å². The predicted octanol–water partition coefficient (Wildman–Crippen LogP) is 3.11. The Morgan fingerprint density at radius 3 is 2.27 bits per heavy atom. The van der Waals surface area contributed by atoms with Gasteiger partial charge in [-0.3, -0.25) is 0 Å². The van der Waals surface area contributed by atoms with Gasteiger partial charge in [0.15, 0.2) is 0 Å². The van der Waals surface area contributed by atoms with Crippen LogP contribution in [-0.4, -0.2) is 49.3 Å². The first-order valence-corrected chi connectivity index (χ1v) is 16.4.